The van der Waals surface area contributed by atoms with Gasteiger partial charge in [0.1, 0.15) is 0 Å². The Kier molecular flexibility index (Phi) is 6.48. The number of morpholine rings is 1. The molecule has 0 atom stereocenters. The maximum atomic E-state index is 12.4. The molecule has 1 N–H and O–H groups in total. The maximum Gasteiger partial charge on any atom is 0.234 e. The topological polar surface area (TPSA) is 72.3 Å². The average molecular weight is 474 g/mol. The zero-order valence-electron chi connectivity index (χ0n) is 15.6. The summed E-state index contributed by atoms with van der Waals surface area (Å²) in [5.41, 5.74) is 1.73. The highest BCUT2D eigenvalue weighted by atomic mass is 79.9. The van der Waals surface area contributed by atoms with Crippen molar-refractivity contribution in [2.45, 2.75) is 5.16 Å². The van der Waals surface area contributed by atoms with E-state index in [1.165, 1.54) is 11.8 Å². The Morgan fingerprint density at radius 2 is 1.79 bits per heavy atom. The molecule has 1 aliphatic rings. The van der Waals surface area contributed by atoms with Gasteiger partial charge in [-0.2, -0.15) is 0 Å². The highest BCUT2D eigenvalue weighted by Gasteiger charge is 2.22. The number of carbonyl (C=O) groups excluding carboxylic acids is 1. The monoisotopic (exact) mass is 473 g/mol. The lowest BCUT2D eigenvalue weighted by molar-refractivity contribution is -0.113. The van der Waals surface area contributed by atoms with E-state index in [9.17, 15) is 4.79 Å². The van der Waals surface area contributed by atoms with E-state index in [0.717, 1.165) is 34.9 Å². The minimum absolute atomic E-state index is 0.0899. The number of halogens is 1. The number of benzene rings is 2. The van der Waals surface area contributed by atoms with E-state index < -0.39 is 0 Å². The highest BCUT2D eigenvalue weighted by molar-refractivity contribution is 9.10. The van der Waals surface area contributed by atoms with Crippen molar-refractivity contribution >= 4 is 45.2 Å². The number of carbonyl (C=O) groups is 1. The lowest BCUT2D eigenvalue weighted by atomic mass is 10.3. The van der Waals surface area contributed by atoms with Crippen LogP contribution in [0.5, 0.6) is 0 Å². The summed E-state index contributed by atoms with van der Waals surface area (Å²) in [4.78, 5) is 14.6. The molecule has 3 aromatic rings. The molecule has 1 fully saturated rings. The van der Waals surface area contributed by atoms with Crippen LogP contribution in [0.2, 0.25) is 0 Å². The van der Waals surface area contributed by atoms with Crippen molar-refractivity contribution in [3.05, 3.63) is 59.1 Å². The first-order chi connectivity index (χ1) is 14.2. The molecule has 1 aliphatic heterocycles. The van der Waals surface area contributed by atoms with Gasteiger partial charge in [-0.3, -0.25) is 9.36 Å². The third-order valence-electron chi connectivity index (χ3n) is 4.38. The molecule has 1 aromatic heterocycles. The van der Waals surface area contributed by atoms with Gasteiger partial charge in [-0.05, 0) is 36.4 Å². The Morgan fingerprint density at radius 3 is 2.52 bits per heavy atom. The molecule has 0 spiro atoms. The Balaban J connectivity index is 1.51. The molecule has 0 bridgehead atoms. The zero-order valence-corrected chi connectivity index (χ0v) is 18.0. The van der Waals surface area contributed by atoms with Crippen molar-refractivity contribution in [2.24, 2.45) is 0 Å². The molecule has 2 aromatic carbocycles. The normalized spacial score (nSPS) is 14.0. The molecule has 0 saturated carbocycles. The van der Waals surface area contributed by atoms with Gasteiger partial charge in [0.2, 0.25) is 11.9 Å². The summed E-state index contributed by atoms with van der Waals surface area (Å²) in [7, 11) is 0. The van der Waals surface area contributed by atoms with E-state index in [1.807, 2.05) is 59.2 Å². The van der Waals surface area contributed by atoms with Crippen LogP contribution in [0.1, 0.15) is 0 Å². The predicted molar refractivity (Wildman–Crippen MR) is 118 cm³/mol. The van der Waals surface area contributed by atoms with Gasteiger partial charge in [0, 0.05) is 23.2 Å². The summed E-state index contributed by atoms with van der Waals surface area (Å²) in [6.45, 7) is 2.86. The van der Waals surface area contributed by atoms with Crippen LogP contribution in [0.15, 0.2) is 64.2 Å². The van der Waals surface area contributed by atoms with Gasteiger partial charge in [0.15, 0.2) is 5.16 Å². The van der Waals surface area contributed by atoms with Crippen LogP contribution < -0.4 is 10.2 Å². The van der Waals surface area contributed by atoms with Gasteiger partial charge >= 0.3 is 0 Å². The van der Waals surface area contributed by atoms with E-state index in [0.29, 0.717) is 18.4 Å². The Labute approximate surface area is 181 Å². The number of amides is 1. The molecule has 0 unspecified atom stereocenters. The number of rotatable bonds is 6. The van der Waals surface area contributed by atoms with Crippen LogP contribution in [0.4, 0.5) is 11.6 Å². The molecule has 150 valence electrons. The van der Waals surface area contributed by atoms with Gasteiger partial charge in [-0.1, -0.05) is 45.9 Å². The number of nitrogens with zero attached hydrogens (tertiary/aromatic N) is 4. The van der Waals surface area contributed by atoms with Crippen LogP contribution in [0.25, 0.3) is 5.69 Å². The summed E-state index contributed by atoms with van der Waals surface area (Å²) in [6.07, 6.45) is 0. The first-order valence-electron chi connectivity index (χ1n) is 9.22. The van der Waals surface area contributed by atoms with Gasteiger partial charge in [0.05, 0.1) is 24.7 Å². The molecule has 29 heavy (non-hydrogen) atoms. The van der Waals surface area contributed by atoms with Crippen molar-refractivity contribution in [3.8, 4) is 5.69 Å². The van der Waals surface area contributed by atoms with E-state index in [4.69, 9.17) is 4.74 Å². The van der Waals surface area contributed by atoms with E-state index >= 15 is 0 Å². The number of thioether (sulfide) groups is 1. The summed E-state index contributed by atoms with van der Waals surface area (Å²) in [6, 6.07) is 17.5. The average Bonchev–Trinajstić information content (AvgIpc) is 3.19. The largest absolute Gasteiger partial charge is 0.378 e. The lowest BCUT2D eigenvalue weighted by Crippen LogP contribution is -2.37. The Bertz CT molecular complexity index is 959. The number of hydrogen-bond donors (Lipinski definition) is 1. The SMILES string of the molecule is O=C(CSc1nnc(N2CCOCC2)n1-c1ccccc1)Nc1ccc(Br)cc1. The highest BCUT2D eigenvalue weighted by Crippen LogP contribution is 2.27. The fraction of sp³-hybridized carbons (Fsp3) is 0.250. The first-order valence-corrected chi connectivity index (χ1v) is 11.0. The number of nitrogens with one attached hydrogen (secondary N) is 1. The van der Waals surface area contributed by atoms with Crippen LogP contribution in [-0.2, 0) is 9.53 Å². The number of aromatic nitrogens is 3. The molecule has 2 heterocycles. The second kappa shape index (κ2) is 9.43. The van der Waals surface area contributed by atoms with Gasteiger partial charge in [-0.15, -0.1) is 10.2 Å². The molecule has 4 rings (SSSR count). The molecule has 1 saturated heterocycles. The molecule has 1 amide bonds. The van der Waals surface area contributed by atoms with Crippen LogP contribution in [0.3, 0.4) is 0 Å². The third-order valence-corrected chi connectivity index (χ3v) is 5.84. The summed E-state index contributed by atoms with van der Waals surface area (Å²) in [5, 5.41) is 12.4. The molecule has 0 aliphatic carbocycles. The molecule has 9 heteroatoms. The van der Waals surface area contributed by atoms with Crippen LogP contribution in [0, 0.1) is 0 Å². The van der Waals surface area contributed by atoms with Crippen molar-refractivity contribution in [3.63, 3.8) is 0 Å². The number of anilines is 2. The summed E-state index contributed by atoms with van der Waals surface area (Å²) < 4.78 is 8.43. The molecular formula is C20H20BrN5O2S. The summed E-state index contributed by atoms with van der Waals surface area (Å²) in [5.74, 6) is 0.924. The van der Waals surface area contributed by atoms with Crippen molar-refractivity contribution in [1.82, 2.24) is 14.8 Å². The quantitative estimate of drug-likeness (QED) is 0.551. The second-order valence-electron chi connectivity index (χ2n) is 6.40. The van der Waals surface area contributed by atoms with Crippen molar-refractivity contribution < 1.29 is 9.53 Å². The van der Waals surface area contributed by atoms with Crippen LogP contribution in [-0.4, -0.2) is 52.7 Å². The fourth-order valence-electron chi connectivity index (χ4n) is 2.99. The lowest BCUT2D eigenvalue weighted by Gasteiger charge is -2.27. The van der Waals surface area contributed by atoms with Gasteiger partial charge in [0.25, 0.3) is 0 Å². The van der Waals surface area contributed by atoms with Gasteiger partial charge < -0.3 is 15.0 Å². The number of hydrogen-bond acceptors (Lipinski definition) is 6. The molecule has 7 nitrogen and oxygen atoms in total. The number of para-hydroxylation sites is 1. The van der Waals surface area contributed by atoms with Crippen molar-refractivity contribution in [1.29, 1.82) is 0 Å². The fourth-order valence-corrected chi connectivity index (χ4v) is 4.00. The number of ether oxygens (including phenoxy) is 1. The Hall–Kier alpha value is -2.36. The smallest absolute Gasteiger partial charge is 0.234 e. The van der Waals surface area contributed by atoms with E-state index in [-0.39, 0.29) is 11.7 Å². The predicted octanol–water partition coefficient (Wildman–Crippen LogP) is 3.60. The van der Waals surface area contributed by atoms with Crippen LogP contribution >= 0.6 is 27.7 Å². The first kappa shape index (κ1) is 19.9. The van der Waals surface area contributed by atoms with Gasteiger partial charge in [-0.25, -0.2) is 0 Å². The van der Waals surface area contributed by atoms with E-state index in [1.54, 1.807) is 0 Å². The standard InChI is InChI=1S/C20H20BrN5O2S/c21-15-6-8-16(9-7-15)22-18(27)14-29-20-24-23-19(25-10-12-28-13-11-25)26(20)17-4-2-1-3-5-17/h1-9H,10-14H2,(H,22,27). The second-order valence-corrected chi connectivity index (χ2v) is 8.25. The maximum absolute atomic E-state index is 12.4. The molecular weight excluding hydrogens is 454 g/mol. The Morgan fingerprint density at radius 1 is 1.07 bits per heavy atom. The minimum Gasteiger partial charge on any atom is -0.378 e. The summed E-state index contributed by atoms with van der Waals surface area (Å²) >= 11 is 4.76. The zero-order chi connectivity index (χ0) is 20.1. The third kappa shape index (κ3) is 4.98. The van der Waals surface area contributed by atoms with E-state index in [2.05, 4.69) is 36.3 Å². The molecule has 0 radical (unpaired) electrons. The van der Waals surface area contributed by atoms with Crippen molar-refractivity contribution in [2.75, 3.05) is 42.3 Å². The minimum atomic E-state index is -0.0899.